The van der Waals surface area contributed by atoms with Crippen LogP contribution in [0.5, 0.6) is 0 Å². The number of hydrogen-bond donors (Lipinski definition) is 1. The van der Waals surface area contributed by atoms with Gasteiger partial charge in [-0.2, -0.15) is 5.10 Å². The third-order valence-corrected chi connectivity index (χ3v) is 2.33. The normalized spacial score (nSPS) is 10.0. The molecule has 0 bridgehead atoms. The van der Waals surface area contributed by atoms with Crippen LogP contribution in [0.25, 0.3) is 10.9 Å². The van der Waals surface area contributed by atoms with Gasteiger partial charge in [0.15, 0.2) is 0 Å². The fourth-order valence-electron chi connectivity index (χ4n) is 1.62. The monoisotopic (exact) mass is 199 g/mol. The molecule has 1 heterocycles. The Labute approximate surface area is 88.9 Å². The number of rotatable bonds is 2. The third-order valence-electron chi connectivity index (χ3n) is 2.33. The Kier molecular flexibility index (Phi) is 2.70. The molecule has 1 aromatic heterocycles. The van der Waals surface area contributed by atoms with Crippen molar-refractivity contribution in [3.05, 3.63) is 30.0 Å². The van der Waals surface area contributed by atoms with Crippen LogP contribution in [-0.2, 0) is 13.1 Å². The van der Waals surface area contributed by atoms with E-state index in [2.05, 4.69) is 16.9 Å². The van der Waals surface area contributed by atoms with Crippen LogP contribution in [-0.4, -0.2) is 9.78 Å². The van der Waals surface area contributed by atoms with Gasteiger partial charge in [0.1, 0.15) is 6.54 Å². The Balaban J connectivity index is 2.57. The molecule has 0 fully saturated rings. The standard InChI is InChI=1S/C12H13N3/c1-2-3-8-15-12-7-5-4-6-10(12)11(9-13)14-15/h4-7H,8-9,13H2,1H3. The van der Waals surface area contributed by atoms with Crippen LogP contribution in [0.2, 0.25) is 0 Å². The Morgan fingerprint density at radius 3 is 2.93 bits per heavy atom. The van der Waals surface area contributed by atoms with Gasteiger partial charge in [-0.15, -0.1) is 5.92 Å². The summed E-state index contributed by atoms with van der Waals surface area (Å²) < 4.78 is 1.90. The van der Waals surface area contributed by atoms with Gasteiger partial charge in [0.2, 0.25) is 0 Å². The predicted molar refractivity (Wildman–Crippen MR) is 61.1 cm³/mol. The summed E-state index contributed by atoms with van der Waals surface area (Å²) in [5.41, 5.74) is 7.68. The molecule has 0 radical (unpaired) electrons. The molecule has 0 atom stereocenters. The maximum absolute atomic E-state index is 5.65. The molecule has 0 saturated heterocycles. The van der Waals surface area contributed by atoms with Crippen molar-refractivity contribution in [1.82, 2.24) is 9.78 Å². The van der Waals surface area contributed by atoms with E-state index in [-0.39, 0.29) is 0 Å². The molecule has 0 spiro atoms. The second kappa shape index (κ2) is 4.16. The van der Waals surface area contributed by atoms with Gasteiger partial charge in [0.25, 0.3) is 0 Å². The molecule has 1 aromatic carbocycles. The number of aromatic nitrogens is 2. The van der Waals surface area contributed by atoms with Crippen molar-refractivity contribution in [1.29, 1.82) is 0 Å². The molecule has 0 amide bonds. The van der Waals surface area contributed by atoms with Crippen LogP contribution in [0.3, 0.4) is 0 Å². The molecule has 0 saturated carbocycles. The minimum Gasteiger partial charge on any atom is -0.325 e. The number of para-hydroxylation sites is 1. The van der Waals surface area contributed by atoms with Gasteiger partial charge in [0.05, 0.1) is 11.2 Å². The van der Waals surface area contributed by atoms with Crippen LogP contribution < -0.4 is 5.73 Å². The Bertz CT molecular complexity index is 529. The fourth-order valence-corrected chi connectivity index (χ4v) is 1.62. The highest BCUT2D eigenvalue weighted by atomic mass is 15.3. The lowest BCUT2D eigenvalue weighted by atomic mass is 10.2. The van der Waals surface area contributed by atoms with Crippen molar-refractivity contribution in [2.24, 2.45) is 5.73 Å². The van der Waals surface area contributed by atoms with E-state index in [9.17, 15) is 0 Å². The zero-order valence-corrected chi connectivity index (χ0v) is 8.70. The van der Waals surface area contributed by atoms with Crippen LogP contribution in [0.15, 0.2) is 24.3 Å². The summed E-state index contributed by atoms with van der Waals surface area (Å²) in [4.78, 5) is 0. The van der Waals surface area contributed by atoms with E-state index in [4.69, 9.17) is 5.73 Å². The van der Waals surface area contributed by atoms with E-state index >= 15 is 0 Å². The predicted octanol–water partition coefficient (Wildman–Crippen LogP) is 1.52. The van der Waals surface area contributed by atoms with E-state index in [1.807, 2.05) is 35.9 Å². The zero-order valence-electron chi connectivity index (χ0n) is 8.70. The summed E-state index contributed by atoms with van der Waals surface area (Å²) >= 11 is 0. The number of benzene rings is 1. The van der Waals surface area contributed by atoms with Gasteiger partial charge in [0, 0.05) is 11.9 Å². The summed E-state index contributed by atoms with van der Waals surface area (Å²) in [6, 6.07) is 8.08. The van der Waals surface area contributed by atoms with E-state index < -0.39 is 0 Å². The average molecular weight is 199 g/mol. The Morgan fingerprint density at radius 1 is 1.40 bits per heavy atom. The lowest BCUT2D eigenvalue weighted by molar-refractivity contribution is 0.720. The van der Waals surface area contributed by atoms with Gasteiger partial charge in [-0.25, -0.2) is 0 Å². The minimum absolute atomic E-state index is 0.465. The van der Waals surface area contributed by atoms with Crippen molar-refractivity contribution in [2.75, 3.05) is 0 Å². The summed E-state index contributed by atoms with van der Waals surface area (Å²) in [6.45, 7) is 2.92. The maximum Gasteiger partial charge on any atom is 0.102 e. The van der Waals surface area contributed by atoms with Gasteiger partial charge in [-0.3, -0.25) is 4.68 Å². The second-order valence-electron chi connectivity index (χ2n) is 3.25. The number of hydrogen-bond acceptors (Lipinski definition) is 2. The number of fused-ring (bicyclic) bond motifs is 1. The lowest BCUT2D eigenvalue weighted by Gasteiger charge is -1.95. The molecule has 15 heavy (non-hydrogen) atoms. The molecule has 2 rings (SSSR count). The highest BCUT2D eigenvalue weighted by molar-refractivity contribution is 5.81. The molecule has 76 valence electrons. The molecular formula is C12H13N3. The highest BCUT2D eigenvalue weighted by Crippen LogP contribution is 2.17. The van der Waals surface area contributed by atoms with E-state index in [0.29, 0.717) is 13.1 Å². The lowest BCUT2D eigenvalue weighted by Crippen LogP contribution is -2.01. The number of nitrogens with two attached hydrogens (primary N) is 1. The Hall–Kier alpha value is -1.79. The number of nitrogens with zero attached hydrogens (tertiary/aromatic N) is 2. The van der Waals surface area contributed by atoms with Gasteiger partial charge < -0.3 is 5.73 Å². The quantitative estimate of drug-likeness (QED) is 0.745. The largest absolute Gasteiger partial charge is 0.325 e. The van der Waals surface area contributed by atoms with Crippen molar-refractivity contribution in [3.8, 4) is 11.8 Å². The zero-order chi connectivity index (χ0) is 10.7. The summed E-state index contributed by atoms with van der Waals surface area (Å²) in [5.74, 6) is 5.87. The molecule has 3 heteroatoms. The average Bonchev–Trinajstić information content (AvgIpc) is 2.65. The third kappa shape index (κ3) is 1.72. The van der Waals surface area contributed by atoms with Gasteiger partial charge >= 0.3 is 0 Å². The topological polar surface area (TPSA) is 43.8 Å². The fraction of sp³-hybridized carbons (Fsp3) is 0.250. The smallest absolute Gasteiger partial charge is 0.102 e. The first kappa shape index (κ1) is 9.75. The van der Waals surface area contributed by atoms with E-state index in [1.165, 1.54) is 0 Å². The molecule has 0 unspecified atom stereocenters. The van der Waals surface area contributed by atoms with Crippen LogP contribution in [0.4, 0.5) is 0 Å². The minimum atomic E-state index is 0.465. The summed E-state index contributed by atoms with van der Waals surface area (Å²) in [7, 11) is 0. The van der Waals surface area contributed by atoms with Crippen LogP contribution in [0.1, 0.15) is 12.6 Å². The summed E-state index contributed by atoms with van der Waals surface area (Å²) in [5, 5.41) is 5.56. The van der Waals surface area contributed by atoms with Gasteiger partial charge in [-0.05, 0) is 13.0 Å². The first-order valence-corrected chi connectivity index (χ1v) is 4.91. The molecular weight excluding hydrogens is 186 g/mol. The van der Waals surface area contributed by atoms with E-state index in [1.54, 1.807) is 0 Å². The second-order valence-corrected chi connectivity index (χ2v) is 3.25. The van der Waals surface area contributed by atoms with Crippen molar-refractivity contribution in [3.63, 3.8) is 0 Å². The molecule has 0 aliphatic heterocycles. The first-order valence-electron chi connectivity index (χ1n) is 4.91. The van der Waals surface area contributed by atoms with E-state index in [0.717, 1.165) is 16.6 Å². The van der Waals surface area contributed by atoms with Crippen LogP contribution >= 0.6 is 0 Å². The van der Waals surface area contributed by atoms with Crippen LogP contribution in [0, 0.1) is 11.8 Å². The SMILES string of the molecule is CC#CCn1nc(CN)c2ccccc21. The highest BCUT2D eigenvalue weighted by Gasteiger charge is 2.06. The van der Waals surface area contributed by atoms with Crippen molar-refractivity contribution >= 4 is 10.9 Å². The van der Waals surface area contributed by atoms with Crippen molar-refractivity contribution < 1.29 is 0 Å². The maximum atomic E-state index is 5.65. The molecule has 0 aliphatic rings. The molecule has 3 nitrogen and oxygen atoms in total. The molecule has 0 aliphatic carbocycles. The van der Waals surface area contributed by atoms with Gasteiger partial charge in [-0.1, -0.05) is 24.1 Å². The summed E-state index contributed by atoms with van der Waals surface area (Å²) in [6.07, 6.45) is 0. The Morgan fingerprint density at radius 2 is 2.20 bits per heavy atom. The van der Waals surface area contributed by atoms with Crippen molar-refractivity contribution in [2.45, 2.75) is 20.0 Å². The molecule has 2 aromatic rings. The first-order chi connectivity index (χ1) is 7.36. The molecule has 2 N–H and O–H groups in total.